The van der Waals surface area contributed by atoms with Gasteiger partial charge in [0.15, 0.2) is 6.10 Å². The minimum Gasteiger partial charge on any atom is -0.481 e. The Morgan fingerprint density at radius 2 is 1.84 bits per heavy atom. The molecule has 25 heavy (non-hydrogen) atoms. The standard InChI is InChI=1S/C19H19N3O2S/c1-3-14-9-7-8-12-16(14)24-13(2)17(23)20-19-22-21-18(25-19)15-10-5-4-6-11-15/h4-13H,3H2,1-2H3,(H,20,22,23). The zero-order valence-electron chi connectivity index (χ0n) is 14.1. The number of ether oxygens (including phenoxy) is 1. The molecule has 3 rings (SSSR count). The van der Waals surface area contributed by atoms with Gasteiger partial charge in [0.1, 0.15) is 10.8 Å². The first-order valence-corrected chi connectivity index (χ1v) is 8.93. The molecule has 0 aliphatic carbocycles. The highest BCUT2D eigenvalue weighted by Gasteiger charge is 2.18. The number of para-hydroxylation sites is 1. The third-order valence-corrected chi connectivity index (χ3v) is 4.59. The van der Waals surface area contributed by atoms with Crippen molar-refractivity contribution in [2.45, 2.75) is 26.4 Å². The molecule has 1 aromatic heterocycles. The van der Waals surface area contributed by atoms with Gasteiger partial charge in [0, 0.05) is 5.56 Å². The van der Waals surface area contributed by atoms with E-state index in [9.17, 15) is 4.79 Å². The van der Waals surface area contributed by atoms with Crippen LogP contribution in [0, 0.1) is 0 Å². The highest BCUT2D eigenvalue weighted by atomic mass is 32.1. The number of carbonyl (C=O) groups excluding carboxylic acids is 1. The van der Waals surface area contributed by atoms with Gasteiger partial charge < -0.3 is 4.74 Å². The van der Waals surface area contributed by atoms with Gasteiger partial charge in [0.2, 0.25) is 5.13 Å². The maximum Gasteiger partial charge on any atom is 0.266 e. The number of hydrogen-bond acceptors (Lipinski definition) is 5. The number of anilines is 1. The normalized spacial score (nSPS) is 11.8. The second kappa shape index (κ2) is 7.90. The van der Waals surface area contributed by atoms with Gasteiger partial charge in [0.25, 0.3) is 5.91 Å². The number of nitrogens with zero attached hydrogens (tertiary/aromatic N) is 2. The Bertz CT molecular complexity index is 849. The Labute approximate surface area is 150 Å². The molecule has 1 N–H and O–H groups in total. The van der Waals surface area contributed by atoms with Gasteiger partial charge in [-0.1, -0.05) is 66.8 Å². The molecule has 0 aliphatic heterocycles. The molecule has 2 aromatic carbocycles. The average Bonchev–Trinajstić information content (AvgIpc) is 3.11. The van der Waals surface area contributed by atoms with E-state index >= 15 is 0 Å². The van der Waals surface area contributed by atoms with Crippen molar-refractivity contribution in [2.24, 2.45) is 0 Å². The molecule has 128 valence electrons. The summed E-state index contributed by atoms with van der Waals surface area (Å²) in [4.78, 5) is 12.4. The summed E-state index contributed by atoms with van der Waals surface area (Å²) in [5.41, 5.74) is 2.05. The fraction of sp³-hybridized carbons (Fsp3) is 0.211. The fourth-order valence-electron chi connectivity index (χ4n) is 2.33. The van der Waals surface area contributed by atoms with Crippen molar-refractivity contribution in [3.8, 4) is 16.3 Å². The van der Waals surface area contributed by atoms with E-state index < -0.39 is 6.10 Å². The summed E-state index contributed by atoms with van der Waals surface area (Å²) >= 11 is 1.34. The average molecular weight is 353 g/mol. The largest absolute Gasteiger partial charge is 0.481 e. The summed E-state index contributed by atoms with van der Waals surface area (Å²) in [5, 5.41) is 12.2. The highest BCUT2D eigenvalue weighted by molar-refractivity contribution is 7.18. The Balaban J connectivity index is 1.65. The van der Waals surface area contributed by atoms with Crippen LogP contribution in [0.5, 0.6) is 5.75 Å². The van der Waals surface area contributed by atoms with Gasteiger partial charge in [-0.05, 0) is 25.0 Å². The second-order valence-electron chi connectivity index (χ2n) is 5.49. The lowest BCUT2D eigenvalue weighted by Crippen LogP contribution is -2.30. The van der Waals surface area contributed by atoms with Crippen molar-refractivity contribution in [3.63, 3.8) is 0 Å². The van der Waals surface area contributed by atoms with Crippen molar-refractivity contribution < 1.29 is 9.53 Å². The second-order valence-corrected chi connectivity index (χ2v) is 6.47. The molecule has 1 amide bonds. The predicted octanol–water partition coefficient (Wildman–Crippen LogP) is 4.17. The molecule has 5 nitrogen and oxygen atoms in total. The van der Waals surface area contributed by atoms with Crippen molar-refractivity contribution in [3.05, 3.63) is 60.2 Å². The van der Waals surface area contributed by atoms with E-state index in [0.29, 0.717) is 5.13 Å². The van der Waals surface area contributed by atoms with Gasteiger partial charge in [-0.25, -0.2) is 0 Å². The van der Waals surface area contributed by atoms with E-state index in [1.54, 1.807) is 6.92 Å². The van der Waals surface area contributed by atoms with Gasteiger partial charge >= 0.3 is 0 Å². The molecule has 0 spiro atoms. The Hall–Kier alpha value is -2.73. The number of carbonyl (C=O) groups is 1. The Morgan fingerprint density at radius 1 is 1.12 bits per heavy atom. The van der Waals surface area contributed by atoms with Crippen LogP contribution in [0.1, 0.15) is 19.4 Å². The van der Waals surface area contributed by atoms with E-state index in [1.807, 2.05) is 54.6 Å². The molecule has 0 saturated heterocycles. The first-order chi connectivity index (χ1) is 12.2. The number of nitrogens with one attached hydrogen (secondary N) is 1. The van der Waals surface area contributed by atoms with E-state index in [4.69, 9.17) is 4.74 Å². The molecule has 0 radical (unpaired) electrons. The molecular weight excluding hydrogens is 334 g/mol. The lowest BCUT2D eigenvalue weighted by molar-refractivity contribution is -0.122. The molecule has 0 aliphatic rings. The van der Waals surface area contributed by atoms with Crippen molar-refractivity contribution >= 4 is 22.4 Å². The zero-order valence-corrected chi connectivity index (χ0v) is 14.9. The van der Waals surface area contributed by atoms with Crippen LogP contribution in [0.25, 0.3) is 10.6 Å². The summed E-state index contributed by atoms with van der Waals surface area (Å²) in [6.07, 6.45) is 0.221. The number of hydrogen-bond donors (Lipinski definition) is 1. The summed E-state index contributed by atoms with van der Waals surface area (Å²) in [6.45, 7) is 3.78. The molecular formula is C19H19N3O2S. The van der Waals surface area contributed by atoms with Crippen LogP contribution in [0.15, 0.2) is 54.6 Å². The quantitative estimate of drug-likeness (QED) is 0.722. The first kappa shape index (κ1) is 17.1. The van der Waals surface area contributed by atoms with E-state index in [2.05, 4.69) is 22.4 Å². The van der Waals surface area contributed by atoms with E-state index in [1.165, 1.54) is 11.3 Å². The third kappa shape index (κ3) is 4.22. The van der Waals surface area contributed by atoms with E-state index in [-0.39, 0.29) is 5.91 Å². The summed E-state index contributed by atoms with van der Waals surface area (Å²) < 4.78 is 5.81. The fourth-order valence-corrected chi connectivity index (χ4v) is 3.09. The van der Waals surface area contributed by atoms with Gasteiger partial charge in [-0.2, -0.15) is 0 Å². The molecule has 6 heteroatoms. The van der Waals surface area contributed by atoms with Crippen LogP contribution < -0.4 is 10.1 Å². The van der Waals surface area contributed by atoms with Crippen molar-refractivity contribution in [1.82, 2.24) is 10.2 Å². The highest BCUT2D eigenvalue weighted by Crippen LogP contribution is 2.26. The van der Waals surface area contributed by atoms with Crippen LogP contribution in [-0.4, -0.2) is 22.2 Å². The monoisotopic (exact) mass is 353 g/mol. The number of rotatable bonds is 6. The summed E-state index contributed by atoms with van der Waals surface area (Å²) in [6, 6.07) is 17.5. The zero-order chi connectivity index (χ0) is 17.6. The van der Waals surface area contributed by atoms with Crippen LogP contribution in [0.4, 0.5) is 5.13 Å². The Morgan fingerprint density at radius 3 is 2.60 bits per heavy atom. The maximum atomic E-state index is 12.4. The molecule has 0 fully saturated rings. The van der Waals surface area contributed by atoms with Crippen LogP contribution >= 0.6 is 11.3 Å². The predicted molar refractivity (Wildman–Crippen MR) is 99.9 cm³/mol. The minimum atomic E-state index is -0.628. The molecule has 3 aromatic rings. The lowest BCUT2D eigenvalue weighted by Gasteiger charge is -2.15. The van der Waals surface area contributed by atoms with Crippen LogP contribution in [-0.2, 0) is 11.2 Å². The smallest absolute Gasteiger partial charge is 0.266 e. The van der Waals surface area contributed by atoms with E-state index in [0.717, 1.165) is 28.3 Å². The molecule has 1 unspecified atom stereocenters. The summed E-state index contributed by atoms with van der Waals surface area (Å²) in [5.74, 6) is 0.483. The van der Waals surface area contributed by atoms with Gasteiger partial charge in [0.05, 0.1) is 0 Å². The number of aryl methyl sites for hydroxylation is 1. The third-order valence-electron chi connectivity index (χ3n) is 3.70. The Kier molecular flexibility index (Phi) is 5.40. The molecule has 1 heterocycles. The lowest BCUT2D eigenvalue weighted by atomic mass is 10.1. The summed E-state index contributed by atoms with van der Waals surface area (Å²) in [7, 11) is 0. The van der Waals surface area contributed by atoms with Gasteiger partial charge in [-0.3, -0.25) is 10.1 Å². The molecule has 1 atom stereocenters. The first-order valence-electron chi connectivity index (χ1n) is 8.11. The van der Waals surface area contributed by atoms with Crippen LogP contribution in [0.2, 0.25) is 0 Å². The molecule has 0 saturated carbocycles. The SMILES string of the molecule is CCc1ccccc1OC(C)C(=O)Nc1nnc(-c2ccccc2)s1. The van der Waals surface area contributed by atoms with Crippen LogP contribution in [0.3, 0.4) is 0 Å². The van der Waals surface area contributed by atoms with Crippen molar-refractivity contribution in [2.75, 3.05) is 5.32 Å². The van der Waals surface area contributed by atoms with Gasteiger partial charge in [-0.15, -0.1) is 10.2 Å². The number of amides is 1. The number of benzene rings is 2. The number of aromatic nitrogens is 2. The minimum absolute atomic E-state index is 0.248. The maximum absolute atomic E-state index is 12.4. The van der Waals surface area contributed by atoms with Crippen molar-refractivity contribution in [1.29, 1.82) is 0 Å². The molecule has 0 bridgehead atoms. The topological polar surface area (TPSA) is 64.1 Å².